The van der Waals surface area contributed by atoms with Gasteiger partial charge in [0.15, 0.2) is 0 Å². The number of hydrogen-bond acceptors (Lipinski definition) is 3. The van der Waals surface area contributed by atoms with E-state index in [-0.39, 0.29) is 6.61 Å². The molecule has 0 aromatic rings. The van der Waals surface area contributed by atoms with Crippen molar-refractivity contribution in [1.29, 1.82) is 0 Å². The lowest BCUT2D eigenvalue weighted by molar-refractivity contribution is -0.173. The van der Waals surface area contributed by atoms with Gasteiger partial charge in [-0.25, -0.2) is 0 Å². The second kappa shape index (κ2) is 8.76. The first-order valence-corrected chi connectivity index (χ1v) is 7.11. The Bertz CT molecular complexity index is 236. The molecule has 19 heavy (non-hydrogen) atoms. The van der Waals surface area contributed by atoms with Crippen molar-refractivity contribution in [2.75, 3.05) is 39.4 Å². The molecule has 1 fully saturated rings. The molecule has 1 atom stereocenters. The number of nitrogens with one attached hydrogen (secondary N) is 1. The summed E-state index contributed by atoms with van der Waals surface area (Å²) in [6.45, 7) is 5.00. The SMILES string of the molecule is CCCN1CCCC(NCCOCC(F)(F)F)CC1. The van der Waals surface area contributed by atoms with Crippen LogP contribution in [0.2, 0.25) is 0 Å². The van der Waals surface area contributed by atoms with E-state index in [9.17, 15) is 13.2 Å². The lowest BCUT2D eigenvalue weighted by Crippen LogP contribution is -2.34. The van der Waals surface area contributed by atoms with Crippen LogP contribution in [0.25, 0.3) is 0 Å². The average molecular weight is 282 g/mol. The van der Waals surface area contributed by atoms with Crippen LogP contribution in [-0.2, 0) is 4.74 Å². The predicted octanol–water partition coefficient (Wildman–Crippen LogP) is 2.42. The van der Waals surface area contributed by atoms with E-state index in [0.29, 0.717) is 12.6 Å². The third kappa shape index (κ3) is 8.44. The first-order valence-electron chi connectivity index (χ1n) is 7.11. The number of hydrogen-bond donors (Lipinski definition) is 1. The number of alkyl halides is 3. The minimum absolute atomic E-state index is 0.120. The van der Waals surface area contributed by atoms with Gasteiger partial charge in [0.2, 0.25) is 0 Å². The molecule has 1 heterocycles. The summed E-state index contributed by atoms with van der Waals surface area (Å²) in [7, 11) is 0. The number of halogens is 3. The summed E-state index contributed by atoms with van der Waals surface area (Å²) >= 11 is 0. The van der Waals surface area contributed by atoms with Crippen LogP contribution in [0.1, 0.15) is 32.6 Å². The van der Waals surface area contributed by atoms with Gasteiger partial charge in [0, 0.05) is 12.6 Å². The molecule has 0 aliphatic carbocycles. The molecule has 1 aliphatic heterocycles. The van der Waals surface area contributed by atoms with Crippen molar-refractivity contribution < 1.29 is 17.9 Å². The second-order valence-corrected chi connectivity index (χ2v) is 5.09. The molecular formula is C13H25F3N2O. The fraction of sp³-hybridized carbons (Fsp3) is 1.00. The third-order valence-electron chi connectivity index (χ3n) is 3.31. The van der Waals surface area contributed by atoms with Crippen LogP contribution < -0.4 is 5.32 Å². The summed E-state index contributed by atoms with van der Waals surface area (Å²) in [5.74, 6) is 0. The monoisotopic (exact) mass is 282 g/mol. The van der Waals surface area contributed by atoms with Crippen LogP contribution >= 0.6 is 0 Å². The van der Waals surface area contributed by atoms with Crippen LogP contribution in [0, 0.1) is 0 Å². The van der Waals surface area contributed by atoms with E-state index in [1.54, 1.807) is 0 Å². The van der Waals surface area contributed by atoms with Gasteiger partial charge in [-0.3, -0.25) is 0 Å². The number of likely N-dealkylation sites (tertiary alicyclic amines) is 1. The van der Waals surface area contributed by atoms with Crippen molar-refractivity contribution >= 4 is 0 Å². The summed E-state index contributed by atoms with van der Waals surface area (Å²) in [6.07, 6.45) is 0.270. The Morgan fingerprint density at radius 1 is 1.26 bits per heavy atom. The van der Waals surface area contributed by atoms with Gasteiger partial charge in [-0.1, -0.05) is 6.92 Å². The molecule has 0 saturated carbocycles. The smallest absolute Gasteiger partial charge is 0.371 e. The zero-order valence-electron chi connectivity index (χ0n) is 11.6. The lowest BCUT2D eigenvalue weighted by Gasteiger charge is -2.19. The van der Waals surface area contributed by atoms with Gasteiger partial charge < -0.3 is 15.0 Å². The van der Waals surface area contributed by atoms with Crippen molar-refractivity contribution in [3.63, 3.8) is 0 Å². The highest BCUT2D eigenvalue weighted by Crippen LogP contribution is 2.14. The Morgan fingerprint density at radius 3 is 2.74 bits per heavy atom. The molecule has 1 aliphatic rings. The summed E-state index contributed by atoms with van der Waals surface area (Å²) in [5.41, 5.74) is 0. The van der Waals surface area contributed by atoms with Gasteiger partial charge >= 0.3 is 6.18 Å². The maximum Gasteiger partial charge on any atom is 0.411 e. The zero-order valence-corrected chi connectivity index (χ0v) is 11.6. The van der Waals surface area contributed by atoms with E-state index in [2.05, 4.69) is 21.9 Å². The largest absolute Gasteiger partial charge is 0.411 e. The molecule has 0 spiro atoms. The Morgan fingerprint density at radius 2 is 2.05 bits per heavy atom. The molecule has 1 rings (SSSR count). The van der Waals surface area contributed by atoms with E-state index in [0.717, 1.165) is 38.9 Å². The third-order valence-corrected chi connectivity index (χ3v) is 3.31. The summed E-state index contributed by atoms with van der Waals surface area (Å²) in [4.78, 5) is 2.46. The van der Waals surface area contributed by atoms with E-state index >= 15 is 0 Å². The first-order chi connectivity index (χ1) is 9.01. The molecule has 0 aromatic carbocycles. The topological polar surface area (TPSA) is 24.5 Å². The number of rotatable bonds is 7. The Balaban J connectivity index is 2.06. The van der Waals surface area contributed by atoms with Crippen molar-refractivity contribution in [2.24, 2.45) is 0 Å². The average Bonchev–Trinajstić information content (AvgIpc) is 2.54. The van der Waals surface area contributed by atoms with Crippen LogP contribution in [0.3, 0.4) is 0 Å². The van der Waals surface area contributed by atoms with Gasteiger partial charge in [0.25, 0.3) is 0 Å². The molecule has 0 amide bonds. The van der Waals surface area contributed by atoms with Gasteiger partial charge in [-0.05, 0) is 45.3 Å². The molecule has 1 N–H and O–H groups in total. The highest BCUT2D eigenvalue weighted by Gasteiger charge is 2.27. The second-order valence-electron chi connectivity index (χ2n) is 5.09. The van der Waals surface area contributed by atoms with E-state index in [1.807, 2.05) is 0 Å². The molecule has 0 radical (unpaired) electrons. The van der Waals surface area contributed by atoms with Crippen molar-refractivity contribution in [3.05, 3.63) is 0 Å². The number of ether oxygens (including phenoxy) is 1. The van der Waals surface area contributed by atoms with Crippen LogP contribution in [0.4, 0.5) is 13.2 Å². The van der Waals surface area contributed by atoms with Crippen LogP contribution in [-0.4, -0.2) is 56.5 Å². The summed E-state index contributed by atoms with van der Waals surface area (Å²) < 4.78 is 40.2. The normalized spacial score (nSPS) is 22.4. The Labute approximate surface area is 113 Å². The fourth-order valence-electron chi connectivity index (χ4n) is 2.42. The fourth-order valence-corrected chi connectivity index (χ4v) is 2.42. The van der Waals surface area contributed by atoms with E-state index < -0.39 is 12.8 Å². The van der Waals surface area contributed by atoms with Gasteiger partial charge in [-0.15, -0.1) is 0 Å². The highest BCUT2D eigenvalue weighted by atomic mass is 19.4. The standard InChI is InChI=1S/C13H25F3N2O/c1-2-7-18-8-3-4-12(5-9-18)17-6-10-19-11-13(14,15)16/h12,17H,2-11H2,1H3. The Hall–Kier alpha value is -0.330. The van der Waals surface area contributed by atoms with E-state index in [1.165, 1.54) is 6.42 Å². The molecular weight excluding hydrogens is 257 g/mol. The molecule has 0 aromatic heterocycles. The maximum absolute atomic E-state index is 11.9. The molecule has 114 valence electrons. The minimum Gasteiger partial charge on any atom is -0.371 e. The predicted molar refractivity (Wildman–Crippen MR) is 69.2 cm³/mol. The van der Waals surface area contributed by atoms with E-state index in [4.69, 9.17) is 0 Å². The molecule has 0 bridgehead atoms. The van der Waals surface area contributed by atoms with Crippen LogP contribution in [0.5, 0.6) is 0 Å². The van der Waals surface area contributed by atoms with Crippen molar-refractivity contribution in [3.8, 4) is 0 Å². The summed E-state index contributed by atoms with van der Waals surface area (Å²) in [6, 6.07) is 0.413. The van der Waals surface area contributed by atoms with Gasteiger partial charge in [-0.2, -0.15) is 13.2 Å². The highest BCUT2D eigenvalue weighted by molar-refractivity contribution is 4.74. The quantitative estimate of drug-likeness (QED) is 0.726. The minimum atomic E-state index is -4.22. The Kier molecular flexibility index (Phi) is 7.71. The number of nitrogens with zero attached hydrogens (tertiary/aromatic N) is 1. The lowest BCUT2D eigenvalue weighted by atomic mass is 10.1. The van der Waals surface area contributed by atoms with Crippen molar-refractivity contribution in [1.82, 2.24) is 10.2 Å². The van der Waals surface area contributed by atoms with Crippen molar-refractivity contribution in [2.45, 2.75) is 44.8 Å². The first kappa shape index (κ1) is 16.7. The molecule has 1 saturated heterocycles. The summed E-state index contributed by atoms with van der Waals surface area (Å²) in [5, 5.41) is 3.29. The van der Waals surface area contributed by atoms with Crippen LogP contribution in [0.15, 0.2) is 0 Å². The molecule has 6 heteroatoms. The zero-order chi connectivity index (χ0) is 14.1. The maximum atomic E-state index is 11.9. The van der Waals surface area contributed by atoms with Gasteiger partial charge in [0.05, 0.1) is 6.61 Å². The molecule has 3 nitrogen and oxygen atoms in total. The molecule has 1 unspecified atom stereocenters. The van der Waals surface area contributed by atoms with Gasteiger partial charge in [0.1, 0.15) is 6.61 Å².